The van der Waals surface area contributed by atoms with Gasteiger partial charge in [0.05, 0.1) is 18.7 Å². The van der Waals surface area contributed by atoms with Gasteiger partial charge in [-0.1, -0.05) is 36.6 Å². The van der Waals surface area contributed by atoms with Gasteiger partial charge < -0.3 is 20.1 Å². The third kappa shape index (κ3) is 4.49. The number of likely N-dealkylation sites (N-methyl/N-ethyl adjacent to an activating group) is 1. The van der Waals surface area contributed by atoms with E-state index < -0.39 is 6.10 Å². The summed E-state index contributed by atoms with van der Waals surface area (Å²) in [5, 5.41) is 13.9. The fourth-order valence-electron chi connectivity index (χ4n) is 3.97. The van der Waals surface area contributed by atoms with Gasteiger partial charge in [-0.3, -0.25) is 4.79 Å². The Hall–Kier alpha value is -2.31. The number of hydrogen-bond acceptors (Lipinski definition) is 5. The molecule has 1 saturated carbocycles. The molecule has 6 nitrogen and oxygen atoms in total. The smallest absolute Gasteiger partial charge is 0.270 e. The molecule has 154 valence electrons. The summed E-state index contributed by atoms with van der Waals surface area (Å²) in [5.41, 5.74) is 2.34. The predicted molar refractivity (Wildman–Crippen MR) is 113 cm³/mol. The highest BCUT2D eigenvalue weighted by Gasteiger charge is 2.28. The number of nitrogens with zero attached hydrogens (tertiary/aromatic N) is 2. The van der Waals surface area contributed by atoms with Crippen molar-refractivity contribution in [2.24, 2.45) is 0 Å². The summed E-state index contributed by atoms with van der Waals surface area (Å²) in [6.07, 6.45) is 3.64. The summed E-state index contributed by atoms with van der Waals surface area (Å²) < 4.78 is 5.92. The van der Waals surface area contributed by atoms with Gasteiger partial charge in [-0.15, -0.1) is 0 Å². The number of anilines is 1. The lowest BCUT2D eigenvalue weighted by Crippen LogP contribution is -2.45. The molecule has 2 atom stereocenters. The summed E-state index contributed by atoms with van der Waals surface area (Å²) in [6.45, 7) is 1.30. The van der Waals surface area contributed by atoms with Crippen LogP contribution in [0.5, 0.6) is 5.75 Å². The lowest BCUT2D eigenvalue weighted by Gasteiger charge is -2.30. The van der Waals surface area contributed by atoms with Crippen LogP contribution in [0.3, 0.4) is 0 Å². The van der Waals surface area contributed by atoms with Crippen molar-refractivity contribution in [1.82, 2.24) is 10.3 Å². The zero-order chi connectivity index (χ0) is 20.4. The Kier molecular flexibility index (Phi) is 5.92. The van der Waals surface area contributed by atoms with E-state index in [9.17, 15) is 9.90 Å². The number of ether oxygens (including phenoxy) is 1. The molecular formula is C22H26ClN3O3. The van der Waals surface area contributed by atoms with Crippen molar-refractivity contribution in [2.45, 2.75) is 44.2 Å². The molecule has 0 saturated heterocycles. The molecule has 2 aliphatic rings. The van der Waals surface area contributed by atoms with E-state index in [-0.39, 0.29) is 11.9 Å². The Morgan fingerprint density at radius 2 is 2.07 bits per heavy atom. The second kappa shape index (κ2) is 8.59. The first-order chi connectivity index (χ1) is 14.0. The van der Waals surface area contributed by atoms with Crippen molar-refractivity contribution in [3.05, 3.63) is 52.2 Å². The van der Waals surface area contributed by atoms with Crippen molar-refractivity contribution in [3.63, 3.8) is 0 Å². The molecule has 0 radical (unpaired) electrons. The van der Waals surface area contributed by atoms with Crippen LogP contribution in [0.2, 0.25) is 5.02 Å². The van der Waals surface area contributed by atoms with Gasteiger partial charge in [0.2, 0.25) is 0 Å². The Labute approximate surface area is 175 Å². The van der Waals surface area contributed by atoms with Gasteiger partial charge in [-0.05, 0) is 36.6 Å². The van der Waals surface area contributed by atoms with Gasteiger partial charge in [0.15, 0.2) is 11.6 Å². The number of aliphatic hydroxyl groups is 1. The van der Waals surface area contributed by atoms with Crippen molar-refractivity contribution < 1.29 is 14.6 Å². The molecule has 7 heteroatoms. The zero-order valence-electron chi connectivity index (χ0n) is 16.5. The molecule has 29 heavy (non-hydrogen) atoms. The molecule has 1 amide bonds. The van der Waals surface area contributed by atoms with E-state index >= 15 is 0 Å². The quantitative estimate of drug-likeness (QED) is 0.802. The lowest BCUT2D eigenvalue weighted by atomic mass is 9.92. The number of aliphatic hydroxyl groups excluding tert-OH is 1. The van der Waals surface area contributed by atoms with E-state index in [1.165, 1.54) is 0 Å². The number of pyridine rings is 1. The van der Waals surface area contributed by atoms with Crippen LogP contribution in [-0.4, -0.2) is 48.3 Å². The predicted octanol–water partition coefficient (Wildman–Crippen LogP) is 3.19. The minimum Gasteiger partial charge on any atom is -0.488 e. The fourth-order valence-corrected chi connectivity index (χ4v) is 4.10. The largest absolute Gasteiger partial charge is 0.488 e. The van der Waals surface area contributed by atoms with Crippen molar-refractivity contribution in [3.8, 4) is 5.75 Å². The molecule has 2 aromatic rings. The lowest BCUT2D eigenvalue weighted by molar-refractivity contribution is 0.0713. The highest BCUT2D eigenvalue weighted by molar-refractivity contribution is 6.30. The van der Waals surface area contributed by atoms with Crippen LogP contribution in [0.15, 0.2) is 30.3 Å². The average molecular weight is 416 g/mol. The minimum atomic E-state index is -0.495. The van der Waals surface area contributed by atoms with E-state index in [4.69, 9.17) is 16.3 Å². The van der Waals surface area contributed by atoms with Gasteiger partial charge >= 0.3 is 0 Å². The molecule has 2 N–H and O–H groups in total. The van der Waals surface area contributed by atoms with Crippen LogP contribution in [0.1, 0.15) is 47.3 Å². The Morgan fingerprint density at radius 1 is 1.31 bits per heavy atom. The number of amides is 1. The maximum absolute atomic E-state index is 12.9. The van der Waals surface area contributed by atoms with Crippen molar-refractivity contribution in [2.75, 3.05) is 25.1 Å². The molecule has 0 bridgehead atoms. The Morgan fingerprint density at radius 3 is 2.83 bits per heavy atom. The number of halogens is 1. The standard InChI is InChI=1S/C22H26ClN3O3/c1-26-10-11-29-20-15(12-14-6-8-16(23)9-7-14)13-18(24-21(20)26)22(28)25-17-4-2-3-5-19(17)27/h6-9,13,17,19,27H,2-5,10-12H2,1H3,(H,25,28)/t17-,19-/m0/s1. The first-order valence-corrected chi connectivity index (χ1v) is 10.5. The van der Waals surface area contributed by atoms with E-state index in [2.05, 4.69) is 10.3 Å². The third-order valence-corrected chi connectivity index (χ3v) is 5.91. The highest BCUT2D eigenvalue weighted by atomic mass is 35.5. The topological polar surface area (TPSA) is 74.7 Å². The molecular weight excluding hydrogens is 390 g/mol. The van der Waals surface area contributed by atoms with Crippen LogP contribution >= 0.6 is 11.6 Å². The monoisotopic (exact) mass is 415 g/mol. The van der Waals surface area contributed by atoms with Gasteiger partial charge in [0.25, 0.3) is 5.91 Å². The van der Waals surface area contributed by atoms with Gasteiger partial charge in [-0.2, -0.15) is 0 Å². The van der Waals surface area contributed by atoms with Crippen LogP contribution in [0.4, 0.5) is 5.82 Å². The summed E-state index contributed by atoms with van der Waals surface area (Å²) in [6, 6.07) is 9.24. The molecule has 1 aromatic heterocycles. The maximum atomic E-state index is 12.9. The van der Waals surface area contributed by atoms with Gasteiger partial charge in [0, 0.05) is 24.1 Å². The molecule has 1 aromatic carbocycles. The second-order valence-electron chi connectivity index (χ2n) is 7.82. The number of aromatic nitrogens is 1. The van der Waals surface area contributed by atoms with Gasteiger partial charge in [0.1, 0.15) is 12.3 Å². The number of carbonyl (C=O) groups is 1. The SMILES string of the molecule is CN1CCOc2c(Cc3ccc(Cl)cc3)cc(C(=O)N[C@H]3CCCC[C@@H]3O)nc21. The molecule has 1 aliphatic carbocycles. The summed E-state index contributed by atoms with van der Waals surface area (Å²) >= 11 is 6.01. The van der Waals surface area contributed by atoms with E-state index in [1.54, 1.807) is 6.07 Å². The van der Waals surface area contributed by atoms with E-state index in [1.807, 2.05) is 36.2 Å². The van der Waals surface area contributed by atoms with Crippen LogP contribution in [0.25, 0.3) is 0 Å². The second-order valence-corrected chi connectivity index (χ2v) is 8.26. The summed E-state index contributed by atoms with van der Waals surface area (Å²) in [4.78, 5) is 19.5. The van der Waals surface area contributed by atoms with Crippen LogP contribution < -0.4 is 15.0 Å². The molecule has 0 unspecified atom stereocenters. The average Bonchev–Trinajstić information content (AvgIpc) is 2.72. The highest BCUT2D eigenvalue weighted by Crippen LogP contribution is 2.35. The molecule has 2 heterocycles. The molecule has 1 fully saturated rings. The normalized spacial score (nSPS) is 21.3. The molecule has 0 spiro atoms. The maximum Gasteiger partial charge on any atom is 0.270 e. The fraction of sp³-hybridized carbons (Fsp3) is 0.455. The summed E-state index contributed by atoms with van der Waals surface area (Å²) in [5.74, 6) is 1.15. The van der Waals surface area contributed by atoms with Crippen molar-refractivity contribution >= 4 is 23.3 Å². The first-order valence-electron chi connectivity index (χ1n) is 10.1. The van der Waals surface area contributed by atoms with Crippen LogP contribution in [0, 0.1) is 0 Å². The van der Waals surface area contributed by atoms with Crippen molar-refractivity contribution in [1.29, 1.82) is 0 Å². The van der Waals surface area contributed by atoms with Gasteiger partial charge in [-0.25, -0.2) is 4.98 Å². The van der Waals surface area contributed by atoms with E-state index in [0.717, 1.165) is 42.6 Å². The Balaban J connectivity index is 1.64. The first kappa shape index (κ1) is 20.0. The summed E-state index contributed by atoms with van der Waals surface area (Å²) in [7, 11) is 1.95. The van der Waals surface area contributed by atoms with E-state index in [0.29, 0.717) is 36.1 Å². The van der Waals surface area contributed by atoms with Crippen LogP contribution in [-0.2, 0) is 6.42 Å². The number of rotatable bonds is 4. The number of fused-ring (bicyclic) bond motifs is 1. The minimum absolute atomic E-state index is 0.220. The third-order valence-electron chi connectivity index (χ3n) is 5.65. The number of carbonyl (C=O) groups excluding carboxylic acids is 1. The zero-order valence-corrected chi connectivity index (χ0v) is 17.3. The molecule has 4 rings (SSSR count). The number of hydrogen-bond donors (Lipinski definition) is 2. The number of benzene rings is 1. The number of nitrogens with one attached hydrogen (secondary N) is 1. The molecule has 1 aliphatic heterocycles. The Bertz CT molecular complexity index is 888.